The van der Waals surface area contributed by atoms with Crippen molar-refractivity contribution in [2.75, 3.05) is 0 Å². The molecule has 0 spiro atoms. The van der Waals surface area contributed by atoms with Crippen LogP contribution >= 0.6 is 0 Å². The molecular weight excluding hydrogens is 144 g/mol. The molecule has 0 heteroatoms. The quantitative estimate of drug-likeness (QED) is 0.515. The van der Waals surface area contributed by atoms with Crippen LogP contribution < -0.4 is 0 Å². The van der Waals surface area contributed by atoms with Gasteiger partial charge in [0.15, 0.2) is 0 Å². The van der Waals surface area contributed by atoms with Crippen LogP contribution in [0.2, 0.25) is 0 Å². The second-order valence-corrected chi connectivity index (χ2v) is 3.76. The molecule has 0 nitrogen and oxygen atoms in total. The van der Waals surface area contributed by atoms with Crippen LogP contribution in [-0.2, 0) is 0 Å². The lowest BCUT2D eigenvalue weighted by Gasteiger charge is -2.25. The summed E-state index contributed by atoms with van der Waals surface area (Å²) in [7, 11) is 0. The Morgan fingerprint density at radius 2 is 1.92 bits per heavy atom. The lowest BCUT2D eigenvalue weighted by Crippen LogP contribution is -2.14. The Labute approximate surface area is 74.7 Å². The van der Waals surface area contributed by atoms with E-state index >= 15 is 0 Å². The van der Waals surface area contributed by atoms with Gasteiger partial charge in [-0.25, -0.2) is 0 Å². The Balaban J connectivity index is 1.95. The van der Waals surface area contributed by atoms with E-state index in [0.29, 0.717) is 0 Å². The highest BCUT2D eigenvalue weighted by Gasteiger charge is 2.18. The first-order valence-corrected chi connectivity index (χ1v) is 4.95. The van der Waals surface area contributed by atoms with Gasteiger partial charge in [-0.05, 0) is 37.5 Å². The molecule has 12 heavy (non-hydrogen) atoms. The van der Waals surface area contributed by atoms with E-state index in [-0.39, 0.29) is 0 Å². The van der Waals surface area contributed by atoms with Crippen LogP contribution in [0.15, 0.2) is 36.5 Å². The monoisotopic (exact) mass is 160 g/mol. The van der Waals surface area contributed by atoms with Gasteiger partial charge in [-0.15, -0.1) is 0 Å². The summed E-state index contributed by atoms with van der Waals surface area (Å²) in [5, 5.41) is 0. The molecular formula is C12H16. The third-order valence-electron chi connectivity index (χ3n) is 2.93. The topological polar surface area (TPSA) is 0 Å². The maximum atomic E-state index is 2.38. The first-order valence-electron chi connectivity index (χ1n) is 4.95. The van der Waals surface area contributed by atoms with Crippen LogP contribution in [0.25, 0.3) is 0 Å². The highest BCUT2D eigenvalue weighted by molar-refractivity contribution is 5.12. The molecule has 0 radical (unpaired) electrons. The largest absolute Gasteiger partial charge is 0.0885 e. The molecule has 0 amide bonds. The summed E-state index contributed by atoms with van der Waals surface area (Å²) in [5.41, 5.74) is 0. The van der Waals surface area contributed by atoms with E-state index in [0.717, 1.165) is 11.8 Å². The van der Waals surface area contributed by atoms with E-state index in [1.54, 1.807) is 0 Å². The van der Waals surface area contributed by atoms with Gasteiger partial charge in [0.25, 0.3) is 0 Å². The fourth-order valence-corrected chi connectivity index (χ4v) is 2.16. The lowest BCUT2D eigenvalue weighted by atomic mass is 9.80. The summed E-state index contributed by atoms with van der Waals surface area (Å²) < 4.78 is 0. The molecule has 2 aliphatic rings. The average Bonchev–Trinajstić information content (AvgIpc) is 2.21. The van der Waals surface area contributed by atoms with Crippen LogP contribution in [0.5, 0.6) is 0 Å². The Morgan fingerprint density at radius 3 is 2.58 bits per heavy atom. The summed E-state index contributed by atoms with van der Waals surface area (Å²) in [6.45, 7) is 0. The Hall–Kier alpha value is -0.780. The van der Waals surface area contributed by atoms with Crippen molar-refractivity contribution >= 4 is 0 Å². The molecule has 0 aliphatic heterocycles. The minimum absolute atomic E-state index is 0.819. The Kier molecular flexibility index (Phi) is 2.45. The predicted octanol–water partition coefficient (Wildman–Crippen LogP) is 3.48. The summed E-state index contributed by atoms with van der Waals surface area (Å²) in [6, 6.07) is 0. The predicted molar refractivity (Wildman–Crippen MR) is 52.9 cm³/mol. The number of hydrogen-bond donors (Lipinski definition) is 0. The van der Waals surface area contributed by atoms with E-state index < -0.39 is 0 Å². The number of rotatable bonds is 1. The third kappa shape index (κ3) is 1.69. The van der Waals surface area contributed by atoms with Gasteiger partial charge in [0, 0.05) is 0 Å². The zero-order chi connectivity index (χ0) is 8.23. The molecule has 0 saturated heterocycles. The summed E-state index contributed by atoms with van der Waals surface area (Å²) in [6.07, 6.45) is 18.9. The van der Waals surface area contributed by atoms with Crippen molar-refractivity contribution in [2.45, 2.75) is 25.7 Å². The Bertz CT molecular complexity index is 220. The Morgan fingerprint density at radius 1 is 0.917 bits per heavy atom. The number of allylic oxidation sites excluding steroid dienone is 6. The van der Waals surface area contributed by atoms with E-state index in [9.17, 15) is 0 Å². The lowest BCUT2D eigenvalue weighted by molar-refractivity contribution is 0.365. The van der Waals surface area contributed by atoms with Crippen LogP contribution in [0.1, 0.15) is 25.7 Å². The third-order valence-corrected chi connectivity index (χ3v) is 2.93. The molecule has 2 atom stereocenters. The van der Waals surface area contributed by atoms with E-state index in [1.807, 2.05) is 0 Å². The molecule has 0 heterocycles. The zero-order valence-electron chi connectivity index (χ0n) is 7.45. The summed E-state index contributed by atoms with van der Waals surface area (Å²) >= 11 is 0. The number of hydrogen-bond acceptors (Lipinski definition) is 0. The standard InChI is InChI=1S/C12H16/c1-3-7-11(8-4-1)12-9-5-2-6-10-12/h1-5,7,11-12H,6,8-10H2. The van der Waals surface area contributed by atoms with Gasteiger partial charge in [-0.2, -0.15) is 0 Å². The molecule has 0 fully saturated rings. The first kappa shape index (κ1) is 7.85. The molecule has 0 aromatic heterocycles. The smallest absolute Gasteiger partial charge is 0.0164 e. The van der Waals surface area contributed by atoms with Crippen molar-refractivity contribution in [3.63, 3.8) is 0 Å². The van der Waals surface area contributed by atoms with Crippen LogP contribution in [-0.4, -0.2) is 0 Å². The SMILES string of the molecule is C1=CCC(C2CC=CCC2)C=C1. The highest BCUT2D eigenvalue weighted by atomic mass is 14.2. The van der Waals surface area contributed by atoms with Crippen LogP contribution in [0, 0.1) is 11.8 Å². The van der Waals surface area contributed by atoms with Crippen LogP contribution in [0.3, 0.4) is 0 Å². The fourth-order valence-electron chi connectivity index (χ4n) is 2.16. The molecule has 0 aromatic rings. The van der Waals surface area contributed by atoms with Gasteiger partial charge in [0.05, 0.1) is 0 Å². The van der Waals surface area contributed by atoms with Crippen molar-refractivity contribution in [1.82, 2.24) is 0 Å². The van der Waals surface area contributed by atoms with Crippen molar-refractivity contribution in [1.29, 1.82) is 0 Å². The van der Waals surface area contributed by atoms with E-state index in [4.69, 9.17) is 0 Å². The fraction of sp³-hybridized carbons (Fsp3) is 0.500. The van der Waals surface area contributed by atoms with E-state index in [1.165, 1.54) is 25.7 Å². The summed E-state index contributed by atoms with van der Waals surface area (Å²) in [5.74, 6) is 1.73. The molecule has 64 valence electrons. The second kappa shape index (κ2) is 3.75. The average molecular weight is 160 g/mol. The van der Waals surface area contributed by atoms with Gasteiger partial charge in [-0.3, -0.25) is 0 Å². The minimum atomic E-state index is 0.819. The molecule has 2 aliphatic carbocycles. The normalized spacial score (nSPS) is 34.0. The summed E-state index contributed by atoms with van der Waals surface area (Å²) in [4.78, 5) is 0. The van der Waals surface area contributed by atoms with Gasteiger partial charge >= 0.3 is 0 Å². The molecule has 0 aromatic carbocycles. The van der Waals surface area contributed by atoms with Crippen molar-refractivity contribution in [2.24, 2.45) is 11.8 Å². The maximum absolute atomic E-state index is 2.38. The van der Waals surface area contributed by atoms with Gasteiger partial charge < -0.3 is 0 Å². The molecule has 0 N–H and O–H groups in total. The van der Waals surface area contributed by atoms with Gasteiger partial charge in [0.2, 0.25) is 0 Å². The first-order chi connectivity index (χ1) is 5.97. The maximum Gasteiger partial charge on any atom is -0.0164 e. The minimum Gasteiger partial charge on any atom is -0.0885 e. The second-order valence-electron chi connectivity index (χ2n) is 3.76. The molecule has 0 bridgehead atoms. The zero-order valence-corrected chi connectivity index (χ0v) is 7.45. The van der Waals surface area contributed by atoms with Gasteiger partial charge in [0.1, 0.15) is 0 Å². The highest BCUT2D eigenvalue weighted by Crippen LogP contribution is 2.30. The van der Waals surface area contributed by atoms with Crippen molar-refractivity contribution in [3.8, 4) is 0 Å². The van der Waals surface area contributed by atoms with Gasteiger partial charge in [-0.1, -0.05) is 36.5 Å². The van der Waals surface area contributed by atoms with Crippen molar-refractivity contribution in [3.05, 3.63) is 36.5 Å². The molecule has 0 saturated carbocycles. The van der Waals surface area contributed by atoms with E-state index in [2.05, 4.69) is 36.5 Å². The van der Waals surface area contributed by atoms with Crippen molar-refractivity contribution < 1.29 is 0 Å². The van der Waals surface area contributed by atoms with Crippen LogP contribution in [0.4, 0.5) is 0 Å². The molecule has 2 rings (SSSR count). The molecule has 2 unspecified atom stereocenters.